The third-order valence-electron chi connectivity index (χ3n) is 5.32. The normalized spacial score (nSPS) is 16.1. The molecule has 0 spiro atoms. The standard InChI is InChI=1S/C20H21F3INO5S/c1-30-17-7-15(22)18(23)19(25-16-3-2-11(24)6-14(16)21)13(17)10-31(28,29)20(4-5-20)8-12(27)9-26/h2-3,6-7,12,25-27H,4-5,8-10H2,1H3/t12-/m1/s1. The number of rotatable bonds is 9. The van der Waals surface area contributed by atoms with Crippen molar-refractivity contribution in [2.45, 2.75) is 35.9 Å². The summed E-state index contributed by atoms with van der Waals surface area (Å²) < 4.78 is 73.9. The van der Waals surface area contributed by atoms with Crippen LogP contribution in [0.1, 0.15) is 24.8 Å². The molecule has 6 nitrogen and oxygen atoms in total. The maximum Gasteiger partial charge on any atom is 0.182 e. The van der Waals surface area contributed by atoms with Gasteiger partial charge < -0.3 is 20.3 Å². The topological polar surface area (TPSA) is 95.9 Å². The molecule has 1 saturated carbocycles. The first-order valence-corrected chi connectivity index (χ1v) is 12.0. The van der Waals surface area contributed by atoms with Gasteiger partial charge in [-0.2, -0.15) is 0 Å². The fourth-order valence-electron chi connectivity index (χ4n) is 3.44. The molecule has 0 heterocycles. The van der Waals surface area contributed by atoms with Crippen LogP contribution in [0.15, 0.2) is 24.3 Å². The number of ether oxygens (including phenoxy) is 1. The van der Waals surface area contributed by atoms with Crippen LogP contribution < -0.4 is 10.1 Å². The molecule has 0 aromatic heterocycles. The van der Waals surface area contributed by atoms with E-state index in [2.05, 4.69) is 5.32 Å². The summed E-state index contributed by atoms with van der Waals surface area (Å²) in [6.07, 6.45) is -0.853. The first-order chi connectivity index (χ1) is 14.5. The molecule has 0 radical (unpaired) electrons. The largest absolute Gasteiger partial charge is 0.496 e. The van der Waals surface area contributed by atoms with E-state index in [1.165, 1.54) is 19.2 Å². The number of benzene rings is 2. The number of halogens is 4. The molecule has 0 bridgehead atoms. The number of nitrogens with one attached hydrogen (secondary N) is 1. The molecule has 1 aliphatic carbocycles. The van der Waals surface area contributed by atoms with Crippen molar-refractivity contribution in [2.75, 3.05) is 19.0 Å². The highest BCUT2D eigenvalue weighted by molar-refractivity contribution is 14.1. The Balaban J connectivity index is 2.06. The first kappa shape index (κ1) is 24.1. The lowest BCUT2D eigenvalue weighted by Crippen LogP contribution is -2.31. The van der Waals surface area contributed by atoms with E-state index in [9.17, 15) is 26.7 Å². The predicted molar refractivity (Wildman–Crippen MR) is 118 cm³/mol. The predicted octanol–water partition coefficient (Wildman–Crippen LogP) is 3.65. The van der Waals surface area contributed by atoms with E-state index in [-0.39, 0.29) is 36.3 Å². The molecule has 0 unspecified atom stereocenters. The molecule has 0 amide bonds. The summed E-state index contributed by atoms with van der Waals surface area (Å²) in [6, 6.07) is 4.79. The number of methoxy groups -OCH3 is 1. The molecule has 1 atom stereocenters. The average Bonchev–Trinajstić information content (AvgIpc) is 3.50. The third-order valence-corrected chi connectivity index (χ3v) is 8.55. The second kappa shape index (κ2) is 9.12. The second-order valence-electron chi connectivity index (χ2n) is 7.46. The molecule has 170 valence electrons. The van der Waals surface area contributed by atoms with Gasteiger partial charge in [-0.05, 0) is 60.1 Å². The Labute approximate surface area is 191 Å². The van der Waals surface area contributed by atoms with Crippen molar-refractivity contribution in [3.05, 3.63) is 50.9 Å². The van der Waals surface area contributed by atoms with Gasteiger partial charge in [-0.15, -0.1) is 0 Å². The maximum absolute atomic E-state index is 14.7. The van der Waals surface area contributed by atoms with Crippen LogP contribution in [-0.2, 0) is 15.6 Å². The zero-order chi connectivity index (χ0) is 23.0. The lowest BCUT2D eigenvalue weighted by molar-refractivity contribution is 0.0857. The van der Waals surface area contributed by atoms with Gasteiger partial charge >= 0.3 is 0 Å². The molecule has 2 aromatic rings. The summed E-state index contributed by atoms with van der Waals surface area (Å²) >= 11 is 1.89. The minimum absolute atomic E-state index is 0.164. The minimum atomic E-state index is -3.98. The highest BCUT2D eigenvalue weighted by Gasteiger charge is 2.55. The van der Waals surface area contributed by atoms with E-state index in [4.69, 9.17) is 9.84 Å². The molecule has 1 aliphatic rings. The van der Waals surface area contributed by atoms with Gasteiger partial charge in [0.1, 0.15) is 11.6 Å². The highest BCUT2D eigenvalue weighted by Crippen LogP contribution is 2.50. The fourth-order valence-corrected chi connectivity index (χ4v) is 6.04. The lowest BCUT2D eigenvalue weighted by atomic mass is 10.1. The van der Waals surface area contributed by atoms with Crippen LogP contribution in [0, 0.1) is 21.0 Å². The molecule has 1 fully saturated rings. The number of hydrogen-bond donors (Lipinski definition) is 3. The molecular formula is C20H21F3INO5S. The van der Waals surface area contributed by atoms with Gasteiger partial charge in [0.25, 0.3) is 0 Å². The number of anilines is 2. The van der Waals surface area contributed by atoms with Gasteiger partial charge in [0.2, 0.25) is 0 Å². The summed E-state index contributed by atoms with van der Waals surface area (Å²) in [4.78, 5) is 0. The van der Waals surface area contributed by atoms with Gasteiger partial charge in [-0.3, -0.25) is 0 Å². The van der Waals surface area contributed by atoms with E-state index in [1.807, 2.05) is 22.6 Å². The zero-order valence-electron chi connectivity index (χ0n) is 16.5. The van der Waals surface area contributed by atoms with Crippen molar-refractivity contribution < 1.29 is 36.5 Å². The van der Waals surface area contributed by atoms with E-state index in [1.54, 1.807) is 6.07 Å². The monoisotopic (exact) mass is 571 g/mol. The summed E-state index contributed by atoms with van der Waals surface area (Å²) in [5.41, 5.74) is -0.898. The van der Waals surface area contributed by atoms with Crippen molar-refractivity contribution in [2.24, 2.45) is 0 Å². The fraction of sp³-hybridized carbons (Fsp3) is 0.400. The number of aliphatic hydroxyl groups is 2. The van der Waals surface area contributed by atoms with Gasteiger partial charge in [-0.25, -0.2) is 21.6 Å². The van der Waals surface area contributed by atoms with Gasteiger partial charge in [0, 0.05) is 15.2 Å². The van der Waals surface area contributed by atoms with Crippen LogP contribution in [0.4, 0.5) is 24.5 Å². The van der Waals surface area contributed by atoms with Crippen LogP contribution in [0.2, 0.25) is 0 Å². The Bertz CT molecular complexity index is 1090. The quantitative estimate of drug-likeness (QED) is 0.398. The number of sulfone groups is 1. The van der Waals surface area contributed by atoms with Crippen molar-refractivity contribution in [1.82, 2.24) is 0 Å². The van der Waals surface area contributed by atoms with Crippen molar-refractivity contribution >= 4 is 43.8 Å². The van der Waals surface area contributed by atoms with E-state index in [0.29, 0.717) is 3.57 Å². The van der Waals surface area contributed by atoms with Crippen LogP contribution >= 0.6 is 22.6 Å². The summed E-state index contributed by atoms with van der Waals surface area (Å²) in [7, 11) is -2.79. The summed E-state index contributed by atoms with van der Waals surface area (Å²) in [5.74, 6) is -4.32. The van der Waals surface area contributed by atoms with Crippen molar-refractivity contribution in [3.8, 4) is 5.75 Å². The Morgan fingerprint density at radius 1 is 1.23 bits per heavy atom. The second-order valence-corrected chi connectivity index (χ2v) is 11.1. The number of hydrogen-bond acceptors (Lipinski definition) is 6. The molecule has 0 aliphatic heterocycles. The number of aliphatic hydroxyl groups excluding tert-OH is 2. The molecule has 0 saturated heterocycles. The van der Waals surface area contributed by atoms with Gasteiger partial charge in [0.05, 0.1) is 41.7 Å². The van der Waals surface area contributed by atoms with Crippen LogP contribution in [0.3, 0.4) is 0 Å². The Hall–Kier alpha value is -1.57. The zero-order valence-corrected chi connectivity index (χ0v) is 19.4. The van der Waals surface area contributed by atoms with Gasteiger partial charge in [0.15, 0.2) is 21.5 Å². The smallest absolute Gasteiger partial charge is 0.182 e. The SMILES string of the molecule is COc1cc(F)c(F)c(Nc2ccc(I)cc2F)c1CS(=O)(=O)C1(C[C@@H](O)CO)CC1. The van der Waals surface area contributed by atoms with E-state index < -0.39 is 56.2 Å². The van der Waals surface area contributed by atoms with Crippen LogP contribution in [-0.4, -0.2) is 43.2 Å². The van der Waals surface area contributed by atoms with Crippen LogP contribution in [0.5, 0.6) is 5.75 Å². The maximum atomic E-state index is 14.7. The molecule has 2 aromatic carbocycles. The third kappa shape index (κ3) is 4.94. The molecular weight excluding hydrogens is 550 g/mol. The van der Waals surface area contributed by atoms with E-state index >= 15 is 0 Å². The minimum Gasteiger partial charge on any atom is -0.496 e. The Morgan fingerprint density at radius 3 is 2.45 bits per heavy atom. The Morgan fingerprint density at radius 2 is 1.90 bits per heavy atom. The molecule has 31 heavy (non-hydrogen) atoms. The molecule has 11 heteroatoms. The molecule has 3 rings (SSSR count). The Kier molecular flexibility index (Phi) is 7.08. The van der Waals surface area contributed by atoms with Crippen molar-refractivity contribution in [3.63, 3.8) is 0 Å². The van der Waals surface area contributed by atoms with Crippen LogP contribution in [0.25, 0.3) is 0 Å². The summed E-state index contributed by atoms with van der Waals surface area (Å²) in [5, 5.41) is 21.3. The highest BCUT2D eigenvalue weighted by atomic mass is 127. The van der Waals surface area contributed by atoms with Crippen molar-refractivity contribution in [1.29, 1.82) is 0 Å². The summed E-state index contributed by atoms with van der Waals surface area (Å²) in [6.45, 7) is -0.593. The average molecular weight is 571 g/mol. The van der Waals surface area contributed by atoms with Gasteiger partial charge in [-0.1, -0.05) is 0 Å². The first-order valence-electron chi connectivity index (χ1n) is 9.31. The van der Waals surface area contributed by atoms with E-state index in [0.717, 1.165) is 6.07 Å². The molecule has 3 N–H and O–H groups in total. The lowest BCUT2D eigenvalue weighted by Gasteiger charge is -2.22.